The van der Waals surface area contributed by atoms with Crippen molar-refractivity contribution in [3.8, 4) is 0 Å². The first-order valence-corrected chi connectivity index (χ1v) is 11.4. The Kier molecular flexibility index (Phi) is 6.92. The van der Waals surface area contributed by atoms with Crippen LogP contribution in [-0.2, 0) is 27.3 Å². The van der Waals surface area contributed by atoms with Crippen LogP contribution in [0.5, 0.6) is 0 Å². The molecule has 0 atom stereocenters. The normalized spacial score (nSPS) is 12.0. The summed E-state index contributed by atoms with van der Waals surface area (Å²) in [4.78, 5) is 30.5. The second-order valence-corrected chi connectivity index (χ2v) is 8.85. The minimum Gasteiger partial charge on any atom is -0.468 e. The molecule has 3 rings (SSSR count). The number of aromatic nitrogens is 1. The number of carbonyl (C=O) groups is 2. The van der Waals surface area contributed by atoms with E-state index in [1.165, 1.54) is 24.0 Å². The summed E-state index contributed by atoms with van der Waals surface area (Å²) in [6.07, 6.45) is 2.23. The van der Waals surface area contributed by atoms with Crippen LogP contribution < -0.4 is 4.80 Å². The van der Waals surface area contributed by atoms with Crippen LogP contribution in [0.1, 0.15) is 30.9 Å². The number of benzene rings is 2. The lowest BCUT2D eigenvalue weighted by Gasteiger charge is -2.06. The van der Waals surface area contributed by atoms with Crippen LogP contribution in [-0.4, -0.2) is 29.8 Å². The lowest BCUT2D eigenvalue weighted by atomic mass is 10.0. The van der Waals surface area contributed by atoms with Crippen molar-refractivity contribution in [3.05, 3.63) is 58.4 Å². The van der Waals surface area contributed by atoms with Gasteiger partial charge in [-0.05, 0) is 41.5 Å². The molecule has 0 fully saturated rings. The minimum absolute atomic E-state index is 0.0182. The van der Waals surface area contributed by atoms with E-state index in [0.717, 1.165) is 20.7 Å². The number of carbonyl (C=O) groups excluding carboxylic acids is 2. The molecule has 5 nitrogen and oxygen atoms in total. The van der Waals surface area contributed by atoms with Crippen LogP contribution in [0.2, 0.25) is 0 Å². The van der Waals surface area contributed by atoms with Gasteiger partial charge in [0.05, 0.1) is 23.7 Å². The van der Waals surface area contributed by atoms with E-state index in [4.69, 9.17) is 4.74 Å². The van der Waals surface area contributed by atoms with Crippen LogP contribution in [0.4, 0.5) is 0 Å². The fourth-order valence-corrected chi connectivity index (χ4v) is 4.55. The summed E-state index contributed by atoms with van der Waals surface area (Å²) in [6.45, 7) is 4.29. The van der Waals surface area contributed by atoms with E-state index in [-0.39, 0.29) is 24.8 Å². The Morgan fingerprint density at radius 2 is 1.90 bits per heavy atom. The second kappa shape index (κ2) is 9.41. The highest BCUT2D eigenvalue weighted by molar-refractivity contribution is 7.98. The zero-order valence-electron chi connectivity index (χ0n) is 17.0. The summed E-state index contributed by atoms with van der Waals surface area (Å²) in [5, 5.41) is 0. The molecule has 7 heteroatoms. The van der Waals surface area contributed by atoms with Crippen molar-refractivity contribution in [2.45, 2.75) is 37.6 Å². The summed E-state index contributed by atoms with van der Waals surface area (Å²) in [5.74, 6) is -0.166. The Morgan fingerprint density at radius 1 is 1.17 bits per heavy atom. The van der Waals surface area contributed by atoms with Crippen molar-refractivity contribution in [2.24, 2.45) is 4.99 Å². The summed E-state index contributed by atoms with van der Waals surface area (Å²) in [5.41, 5.74) is 3.03. The summed E-state index contributed by atoms with van der Waals surface area (Å²) >= 11 is 3.05. The highest BCUT2D eigenvalue weighted by Gasteiger charge is 2.13. The first-order valence-electron chi connectivity index (χ1n) is 9.32. The van der Waals surface area contributed by atoms with Crippen LogP contribution in [0.3, 0.4) is 0 Å². The molecule has 1 aromatic heterocycles. The maximum atomic E-state index is 12.6. The molecule has 152 valence electrons. The van der Waals surface area contributed by atoms with Crippen LogP contribution in [0, 0.1) is 0 Å². The molecule has 0 spiro atoms. The standard InChI is InChI=1S/C22H24N2O3S2/c1-14(2)16-7-5-15(6-8-16)11-20(25)23-22-24(13-21(26)27-3)18-10-9-17(28-4)12-19(18)29-22/h5-10,12,14H,11,13H2,1-4H3. The lowest BCUT2D eigenvalue weighted by Crippen LogP contribution is -2.22. The molecule has 0 saturated carbocycles. The van der Waals surface area contributed by atoms with E-state index in [1.54, 1.807) is 16.3 Å². The topological polar surface area (TPSA) is 60.7 Å². The summed E-state index contributed by atoms with van der Waals surface area (Å²) < 4.78 is 7.54. The highest BCUT2D eigenvalue weighted by atomic mass is 32.2. The third kappa shape index (κ3) is 5.16. The van der Waals surface area contributed by atoms with E-state index in [9.17, 15) is 9.59 Å². The van der Waals surface area contributed by atoms with Crippen LogP contribution in [0.25, 0.3) is 10.2 Å². The van der Waals surface area contributed by atoms with Gasteiger partial charge in [0.2, 0.25) is 0 Å². The number of hydrogen-bond donors (Lipinski definition) is 0. The van der Waals surface area contributed by atoms with Gasteiger partial charge in [0.15, 0.2) is 4.80 Å². The van der Waals surface area contributed by atoms with Crippen LogP contribution in [0.15, 0.2) is 52.4 Å². The molecule has 0 unspecified atom stereocenters. The average Bonchev–Trinajstić information content (AvgIpc) is 3.04. The first kappa shape index (κ1) is 21.3. The Morgan fingerprint density at radius 3 is 2.52 bits per heavy atom. The zero-order chi connectivity index (χ0) is 21.0. The van der Waals surface area contributed by atoms with Crippen molar-refractivity contribution in [1.82, 2.24) is 4.57 Å². The van der Waals surface area contributed by atoms with Gasteiger partial charge in [0.25, 0.3) is 5.91 Å². The van der Waals surface area contributed by atoms with Gasteiger partial charge in [-0.1, -0.05) is 49.4 Å². The highest BCUT2D eigenvalue weighted by Crippen LogP contribution is 2.24. The average molecular weight is 429 g/mol. The molecule has 0 saturated heterocycles. The number of ether oxygens (including phenoxy) is 1. The van der Waals surface area contributed by atoms with Gasteiger partial charge < -0.3 is 9.30 Å². The molecule has 1 heterocycles. The Labute approximate surface area is 178 Å². The van der Waals surface area contributed by atoms with Crippen molar-refractivity contribution < 1.29 is 14.3 Å². The van der Waals surface area contributed by atoms with E-state index in [0.29, 0.717) is 10.7 Å². The summed E-state index contributed by atoms with van der Waals surface area (Å²) in [7, 11) is 1.35. The minimum atomic E-state index is -0.378. The molecular weight excluding hydrogens is 404 g/mol. The van der Waals surface area contributed by atoms with Gasteiger partial charge in [0.1, 0.15) is 6.54 Å². The van der Waals surface area contributed by atoms with Crippen molar-refractivity contribution >= 4 is 45.2 Å². The fraction of sp³-hybridized carbons (Fsp3) is 0.318. The molecule has 1 amide bonds. The molecule has 0 aliphatic heterocycles. The quantitative estimate of drug-likeness (QED) is 0.432. The first-order chi connectivity index (χ1) is 13.9. The number of hydrogen-bond acceptors (Lipinski definition) is 5. The van der Waals surface area contributed by atoms with Gasteiger partial charge in [-0.15, -0.1) is 11.8 Å². The largest absolute Gasteiger partial charge is 0.468 e. The van der Waals surface area contributed by atoms with Crippen molar-refractivity contribution in [3.63, 3.8) is 0 Å². The molecule has 29 heavy (non-hydrogen) atoms. The Bertz CT molecular complexity index is 1100. The molecule has 2 aromatic carbocycles. The van der Waals surface area contributed by atoms with E-state index in [2.05, 4.69) is 18.8 Å². The number of rotatable bonds is 6. The predicted molar refractivity (Wildman–Crippen MR) is 118 cm³/mol. The lowest BCUT2D eigenvalue weighted by molar-refractivity contribution is -0.141. The molecule has 3 aromatic rings. The third-order valence-electron chi connectivity index (χ3n) is 4.63. The number of fused-ring (bicyclic) bond motifs is 1. The number of esters is 1. The van der Waals surface area contributed by atoms with Crippen molar-refractivity contribution in [2.75, 3.05) is 13.4 Å². The maximum absolute atomic E-state index is 12.6. The van der Waals surface area contributed by atoms with E-state index in [1.807, 2.05) is 48.7 Å². The fourth-order valence-electron chi connectivity index (χ4n) is 2.95. The number of methoxy groups -OCH3 is 1. The van der Waals surface area contributed by atoms with Gasteiger partial charge >= 0.3 is 5.97 Å². The van der Waals surface area contributed by atoms with E-state index >= 15 is 0 Å². The monoisotopic (exact) mass is 428 g/mol. The van der Waals surface area contributed by atoms with Crippen LogP contribution >= 0.6 is 23.1 Å². The number of amides is 1. The van der Waals surface area contributed by atoms with Gasteiger partial charge in [0, 0.05) is 4.90 Å². The van der Waals surface area contributed by atoms with E-state index < -0.39 is 0 Å². The van der Waals surface area contributed by atoms with Gasteiger partial charge in [-0.2, -0.15) is 4.99 Å². The maximum Gasteiger partial charge on any atom is 0.325 e. The zero-order valence-corrected chi connectivity index (χ0v) is 18.6. The molecule has 0 bridgehead atoms. The molecule has 0 radical (unpaired) electrons. The molecule has 0 aliphatic rings. The number of thiazole rings is 1. The Hall–Kier alpha value is -2.38. The second-order valence-electron chi connectivity index (χ2n) is 6.96. The number of thioether (sulfide) groups is 1. The molecule has 0 aliphatic carbocycles. The third-order valence-corrected chi connectivity index (χ3v) is 6.39. The summed E-state index contributed by atoms with van der Waals surface area (Å²) in [6, 6.07) is 14.0. The smallest absolute Gasteiger partial charge is 0.325 e. The Balaban J connectivity index is 1.95. The van der Waals surface area contributed by atoms with Crippen molar-refractivity contribution in [1.29, 1.82) is 0 Å². The molecular formula is C22H24N2O3S2. The number of nitrogens with zero attached hydrogens (tertiary/aromatic N) is 2. The SMILES string of the molecule is COC(=O)Cn1c(=NC(=O)Cc2ccc(C(C)C)cc2)sc2cc(SC)ccc21. The molecule has 0 N–H and O–H groups in total. The van der Waals surface area contributed by atoms with Gasteiger partial charge in [-0.3, -0.25) is 9.59 Å². The van der Waals surface area contributed by atoms with Gasteiger partial charge in [-0.25, -0.2) is 0 Å². The predicted octanol–water partition coefficient (Wildman–Crippen LogP) is 4.39.